The second-order valence-electron chi connectivity index (χ2n) is 12.0. The molecule has 1 aliphatic heterocycles. The number of methoxy groups -OCH3 is 2. The predicted octanol–water partition coefficient (Wildman–Crippen LogP) is 6.58. The number of carbonyl (C=O) groups excluding carboxylic acids is 2. The Hall–Kier alpha value is -2.12. The van der Waals surface area contributed by atoms with Crippen molar-refractivity contribution in [1.82, 2.24) is 4.90 Å². The number of carbonyl (C=O) groups is 2. The first-order valence-corrected chi connectivity index (χ1v) is 14.0. The smallest absolute Gasteiger partial charge is 0.174 e. The lowest BCUT2D eigenvalue weighted by atomic mass is 9.63. The van der Waals surface area contributed by atoms with Gasteiger partial charge in [-0.1, -0.05) is 27.7 Å². The van der Waals surface area contributed by atoms with Gasteiger partial charge in [-0.15, -0.1) is 0 Å². The number of hydrogen-bond donors (Lipinski definition) is 0. The zero-order valence-electron chi connectivity index (χ0n) is 23.3. The summed E-state index contributed by atoms with van der Waals surface area (Å²) in [7, 11) is 3.32. The maximum Gasteiger partial charge on any atom is 0.174 e. The van der Waals surface area contributed by atoms with Crippen molar-refractivity contribution in [3.05, 3.63) is 44.7 Å². The van der Waals surface area contributed by atoms with Gasteiger partial charge in [-0.25, -0.2) is 0 Å². The molecule has 2 aliphatic carbocycles. The number of ether oxygens (including phenoxy) is 3. The number of hydrogen-bond acceptors (Lipinski definition) is 6. The quantitative estimate of drug-likeness (QED) is 0.327. The second-order valence-corrected chi connectivity index (χ2v) is 12.9. The standard InChI is InChI=1S/C30H40BrNO5/c1-8-37-24-13-18(12-19(31)28(24)36-7)25-26-20(14-29(2,3)16-22(26)33)32(10-9-11-35-6)21-15-30(4,5)17-23(34)27(21)25/h12-13,25H,8-11,14-17H2,1-7H3. The summed E-state index contributed by atoms with van der Waals surface area (Å²) < 4.78 is 17.7. The molecule has 0 bridgehead atoms. The van der Waals surface area contributed by atoms with E-state index in [1.165, 1.54) is 0 Å². The second kappa shape index (κ2) is 10.6. The fraction of sp³-hybridized carbons (Fsp3) is 0.600. The van der Waals surface area contributed by atoms with Gasteiger partial charge in [0.25, 0.3) is 0 Å². The van der Waals surface area contributed by atoms with Crippen LogP contribution in [0.15, 0.2) is 39.1 Å². The van der Waals surface area contributed by atoms with Gasteiger partial charge in [-0.05, 0) is 70.6 Å². The van der Waals surface area contributed by atoms with Crippen LogP contribution in [0.1, 0.15) is 78.2 Å². The van der Waals surface area contributed by atoms with Crippen molar-refractivity contribution in [2.24, 2.45) is 10.8 Å². The van der Waals surface area contributed by atoms with Crippen LogP contribution in [0.25, 0.3) is 0 Å². The van der Waals surface area contributed by atoms with Crippen LogP contribution in [0, 0.1) is 10.8 Å². The van der Waals surface area contributed by atoms with Gasteiger partial charge in [0.15, 0.2) is 23.1 Å². The molecule has 1 heterocycles. The molecule has 4 rings (SSSR count). The van der Waals surface area contributed by atoms with E-state index in [1.54, 1.807) is 14.2 Å². The molecule has 0 aromatic heterocycles. The van der Waals surface area contributed by atoms with Crippen LogP contribution in [-0.4, -0.2) is 50.4 Å². The SMILES string of the molecule is CCOc1cc(C2C3=C(CC(C)(C)CC3=O)N(CCCOC)C3=C2C(=O)CC(C)(C)C3)cc(Br)c1OC. The molecule has 0 fully saturated rings. The number of nitrogens with zero attached hydrogens (tertiary/aromatic N) is 1. The Labute approximate surface area is 229 Å². The van der Waals surface area contributed by atoms with Crippen molar-refractivity contribution in [3.63, 3.8) is 0 Å². The van der Waals surface area contributed by atoms with E-state index in [-0.39, 0.29) is 22.4 Å². The van der Waals surface area contributed by atoms with E-state index in [2.05, 4.69) is 48.5 Å². The highest BCUT2D eigenvalue weighted by Gasteiger charge is 2.49. The van der Waals surface area contributed by atoms with Gasteiger partial charge in [0.1, 0.15) is 0 Å². The number of rotatable bonds is 8. The fourth-order valence-corrected chi connectivity index (χ4v) is 6.86. The molecular formula is C30H40BrNO5. The molecule has 0 saturated heterocycles. The van der Waals surface area contributed by atoms with Crippen molar-refractivity contribution >= 4 is 27.5 Å². The molecule has 1 aromatic rings. The van der Waals surface area contributed by atoms with Crippen LogP contribution < -0.4 is 9.47 Å². The number of benzene rings is 1. The minimum absolute atomic E-state index is 0.127. The van der Waals surface area contributed by atoms with E-state index in [9.17, 15) is 9.59 Å². The molecule has 0 saturated carbocycles. The van der Waals surface area contributed by atoms with Crippen molar-refractivity contribution in [2.45, 2.75) is 72.6 Å². The van der Waals surface area contributed by atoms with E-state index in [0.717, 1.165) is 58.4 Å². The first-order valence-electron chi connectivity index (χ1n) is 13.2. The van der Waals surface area contributed by atoms with Crippen LogP contribution in [0.3, 0.4) is 0 Å². The van der Waals surface area contributed by atoms with Gasteiger partial charge in [0, 0.05) is 61.6 Å². The number of Topliss-reactive ketones (excluding diaryl/α,β-unsaturated/α-hetero) is 2. The molecule has 0 radical (unpaired) electrons. The molecule has 202 valence electrons. The van der Waals surface area contributed by atoms with Gasteiger partial charge >= 0.3 is 0 Å². The summed E-state index contributed by atoms with van der Waals surface area (Å²) in [6.07, 6.45) is 3.33. The Balaban J connectivity index is 1.99. The molecular weight excluding hydrogens is 534 g/mol. The molecule has 7 heteroatoms. The van der Waals surface area contributed by atoms with E-state index in [4.69, 9.17) is 14.2 Å². The minimum atomic E-state index is -0.419. The largest absolute Gasteiger partial charge is 0.492 e. The van der Waals surface area contributed by atoms with Gasteiger partial charge in [0.2, 0.25) is 0 Å². The summed E-state index contributed by atoms with van der Waals surface area (Å²) in [6.45, 7) is 12.4. The molecule has 0 unspecified atom stereocenters. The number of allylic oxidation sites excluding steroid dienone is 4. The van der Waals surface area contributed by atoms with E-state index in [1.807, 2.05) is 19.1 Å². The zero-order valence-corrected chi connectivity index (χ0v) is 24.8. The van der Waals surface area contributed by atoms with Crippen LogP contribution in [-0.2, 0) is 14.3 Å². The number of halogens is 1. The average Bonchev–Trinajstić information content (AvgIpc) is 2.78. The molecule has 0 atom stereocenters. The Morgan fingerprint density at radius 3 is 2.00 bits per heavy atom. The Morgan fingerprint density at radius 2 is 1.51 bits per heavy atom. The average molecular weight is 575 g/mol. The third kappa shape index (κ3) is 5.40. The minimum Gasteiger partial charge on any atom is -0.492 e. The summed E-state index contributed by atoms with van der Waals surface area (Å²) in [4.78, 5) is 30.1. The first-order chi connectivity index (χ1) is 17.4. The Morgan fingerprint density at radius 1 is 0.946 bits per heavy atom. The molecule has 6 nitrogen and oxygen atoms in total. The highest BCUT2D eigenvalue weighted by Crippen LogP contribution is 2.55. The highest BCUT2D eigenvalue weighted by atomic mass is 79.9. The fourth-order valence-electron chi connectivity index (χ4n) is 6.23. The normalized spacial score (nSPS) is 21.2. The van der Waals surface area contributed by atoms with Crippen molar-refractivity contribution in [1.29, 1.82) is 0 Å². The van der Waals surface area contributed by atoms with Crippen molar-refractivity contribution in [2.75, 3.05) is 34.0 Å². The molecule has 0 N–H and O–H groups in total. The predicted molar refractivity (Wildman–Crippen MR) is 148 cm³/mol. The van der Waals surface area contributed by atoms with Crippen LogP contribution in [0.5, 0.6) is 11.5 Å². The van der Waals surface area contributed by atoms with Crippen LogP contribution in [0.4, 0.5) is 0 Å². The van der Waals surface area contributed by atoms with E-state index >= 15 is 0 Å². The third-order valence-electron chi connectivity index (χ3n) is 7.62. The Bertz CT molecular complexity index is 1110. The van der Waals surface area contributed by atoms with E-state index < -0.39 is 5.92 Å². The highest BCUT2D eigenvalue weighted by molar-refractivity contribution is 9.10. The zero-order chi connectivity index (χ0) is 27.1. The summed E-state index contributed by atoms with van der Waals surface area (Å²) in [5.41, 5.74) is 4.25. The molecule has 3 aliphatic rings. The van der Waals surface area contributed by atoms with Gasteiger partial charge in [-0.2, -0.15) is 0 Å². The lowest BCUT2D eigenvalue weighted by Crippen LogP contribution is -2.44. The monoisotopic (exact) mass is 573 g/mol. The lowest BCUT2D eigenvalue weighted by Gasteiger charge is -2.49. The summed E-state index contributed by atoms with van der Waals surface area (Å²) >= 11 is 3.66. The lowest BCUT2D eigenvalue weighted by molar-refractivity contribution is -0.119. The maximum atomic E-state index is 13.9. The van der Waals surface area contributed by atoms with Gasteiger partial charge in [-0.3, -0.25) is 9.59 Å². The topological polar surface area (TPSA) is 65.1 Å². The summed E-state index contributed by atoms with van der Waals surface area (Å²) in [5.74, 6) is 1.05. The first kappa shape index (κ1) is 27.9. The summed E-state index contributed by atoms with van der Waals surface area (Å²) in [6, 6.07) is 3.94. The molecule has 37 heavy (non-hydrogen) atoms. The van der Waals surface area contributed by atoms with Crippen LogP contribution >= 0.6 is 15.9 Å². The molecule has 0 spiro atoms. The van der Waals surface area contributed by atoms with Crippen molar-refractivity contribution in [3.8, 4) is 11.5 Å². The van der Waals surface area contributed by atoms with Gasteiger partial charge in [0.05, 0.1) is 18.2 Å². The number of ketones is 2. The van der Waals surface area contributed by atoms with Crippen LogP contribution in [0.2, 0.25) is 0 Å². The maximum absolute atomic E-state index is 13.9. The Kier molecular flexibility index (Phi) is 7.97. The summed E-state index contributed by atoms with van der Waals surface area (Å²) in [5, 5.41) is 0. The third-order valence-corrected chi connectivity index (χ3v) is 8.21. The molecule has 0 amide bonds. The van der Waals surface area contributed by atoms with E-state index in [0.29, 0.717) is 37.6 Å². The van der Waals surface area contributed by atoms with Crippen molar-refractivity contribution < 1.29 is 23.8 Å². The molecule has 1 aromatic carbocycles. The van der Waals surface area contributed by atoms with Gasteiger partial charge < -0.3 is 19.1 Å².